The molecule has 1 aromatic carbocycles. The number of likely N-dealkylation sites (N-methyl/N-ethyl adjacent to an activating group) is 1. The van der Waals surface area contributed by atoms with Gasteiger partial charge in [-0.3, -0.25) is 4.90 Å². The van der Waals surface area contributed by atoms with Crippen LogP contribution in [0.15, 0.2) is 30.3 Å². The van der Waals surface area contributed by atoms with Gasteiger partial charge >= 0.3 is 0 Å². The van der Waals surface area contributed by atoms with Crippen LogP contribution >= 0.6 is 0 Å². The summed E-state index contributed by atoms with van der Waals surface area (Å²) in [6, 6.07) is 11.1. The smallest absolute Gasteiger partial charge is 0.0537 e. The molecule has 0 saturated heterocycles. The molecule has 1 aliphatic rings. The fraction of sp³-hybridized carbons (Fsp3) is 0.600. The largest absolute Gasteiger partial charge is 0.395 e. The van der Waals surface area contributed by atoms with E-state index in [-0.39, 0.29) is 12.0 Å². The first-order valence-electron chi connectivity index (χ1n) is 6.60. The number of aliphatic hydroxyl groups excluding tert-OH is 1. The van der Waals surface area contributed by atoms with Crippen LogP contribution in [-0.4, -0.2) is 35.7 Å². The van der Waals surface area contributed by atoms with Gasteiger partial charge in [-0.25, -0.2) is 0 Å². The second-order valence-electron chi connectivity index (χ2n) is 5.38. The third kappa shape index (κ3) is 2.88. The van der Waals surface area contributed by atoms with Crippen molar-refractivity contribution in [2.45, 2.75) is 38.1 Å². The zero-order valence-corrected chi connectivity index (χ0v) is 10.9. The third-order valence-corrected chi connectivity index (χ3v) is 3.84. The fourth-order valence-electron chi connectivity index (χ4n) is 2.46. The summed E-state index contributed by atoms with van der Waals surface area (Å²) in [6.45, 7) is 6.61. The highest BCUT2D eigenvalue weighted by molar-refractivity contribution is 5.25. The van der Waals surface area contributed by atoms with Crippen LogP contribution in [0.2, 0.25) is 0 Å². The van der Waals surface area contributed by atoms with Crippen molar-refractivity contribution in [1.82, 2.24) is 4.90 Å². The number of aliphatic hydroxyl groups is 1. The van der Waals surface area contributed by atoms with Gasteiger partial charge in [0.05, 0.1) is 6.61 Å². The van der Waals surface area contributed by atoms with Crippen LogP contribution in [-0.2, 0) is 5.41 Å². The highest BCUT2D eigenvalue weighted by Crippen LogP contribution is 2.31. The quantitative estimate of drug-likeness (QED) is 0.815. The summed E-state index contributed by atoms with van der Waals surface area (Å²) in [4.78, 5) is 2.50. The van der Waals surface area contributed by atoms with Gasteiger partial charge in [-0.1, -0.05) is 44.2 Å². The van der Waals surface area contributed by atoms with E-state index in [4.69, 9.17) is 0 Å². The van der Waals surface area contributed by atoms with E-state index < -0.39 is 0 Å². The van der Waals surface area contributed by atoms with E-state index in [9.17, 15) is 5.11 Å². The maximum Gasteiger partial charge on any atom is 0.0537 e. The topological polar surface area (TPSA) is 23.5 Å². The maximum absolute atomic E-state index is 9.76. The first kappa shape index (κ1) is 12.6. The van der Waals surface area contributed by atoms with E-state index in [1.54, 1.807) is 0 Å². The van der Waals surface area contributed by atoms with Crippen molar-refractivity contribution in [2.75, 3.05) is 19.7 Å². The Labute approximate surface area is 104 Å². The molecule has 1 saturated carbocycles. The number of benzene rings is 1. The van der Waals surface area contributed by atoms with Gasteiger partial charge in [0.15, 0.2) is 0 Å². The number of hydrogen-bond acceptors (Lipinski definition) is 2. The van der Waals surface area contributed by atoms with Crippen LogP contribution in [0.5, 0.6) is 0 Å². The molecule has 1 N–H and O–H groups in total. The first-order valence-corrected chi connectivity index (χ1v) is 6.60. The van der Waals surface area contributed by atoms with Crippen LogP contribution < -0.4 is 0 Å². The molecule has 1 aromatic rings. The lowest BCUT2D eigenvalue weighted by Gasteiger charge is -2.34. The standard InChI is InChI=1S/C15H23NO/c1-3-16(14-9-10-14)11-15(2,12-17)13-7-5-4-6-8-13/h4-8,14,17H,3,9-12H2,1-2H3. The molecule has 2 rings (SSSR count). The van der Waals surface area contributed by atoms with Gasteiger partial charge in [0, 0.05) is 18.0 Å². The summed E-state index contributed by atoms with van der Waals surface area (Å²) in [7, 11) is 0. The van der Waals surface area contributed by atoms with Crippen molar-refractivity contribution in [3.8, 4) is 0 Å². The second kappa shape index (κ2) is 5.19. The van der Waals surface area contributed by atoms with E-state index in [0.29, 0.717) is 0 Å². The van der Waals surface area contributed by atoms with E-state index in [2.05, 4.69) is 43.0 Å². The van der Waals surface area contributed by atoms with Crippen molar-refractivity contribution >= 4 is 0 Å². The molecule has 0 heterocycles. The van der Waals surface area contributed by atoms with Gasteiger partial charge in [0.2, 0.25) is 0 Å². The average Bonchev–Trinajstić information content (AvgIpc) is 3.21. The van der Waals surface area contributed by atoms with Crippen molar-refractivity contribution in [1.29, 1.82) is 0 Å². The lowest BCUT2D eigenvalue weighted by molar-refractivity contribution is 0.143. The molecule has 1 aliphatic carbocycles. The molecule has 1 unspecified atom stereocenters. The summed E-state index contributed by atoms with van der Waals surface area (Å²) in [6.07, 6.45) is 2.65. The van der Waals surface area contributed by atoms with Crippen molar-refractivity contribution in [3.63, 3.8) is 0 Å². The molecule has 0 amide bonds. The van der Waals surface area contributed by atoms with Gasteiger partial charge in [0.1, 0.15) is 0 Å². The predicted octanol–water partition coefficient (Wildman–Crippen LogP) is 2.42. The Bertz CT molecular complexity index is 347. The minimum absolute atomic E-state index is 0.139. The van der Waals surface area contributed by atoms with Gasteiger partial charge in [-0.05, 0) is 24.9 Å². The van der Waals surface area contributed by atoms with Crippen LogP contribution in [0, 0.1) is 0 Å². The molecular weight excluding hydrogens is 210 g/mol. The molecule has 0 radical (unpaired) electrons. The molecule has 0 aromatic heterocycles. The summed E-state index contributed by atoms with van der Waals surface area (Å²) < 4.78 is 0. The Morgan fingerprint density at radius 3 is 2.41 bits per heavy atom. The molecule has 0 spiro atoms. The SMILES string of the molecule is CCN(CC(C)(CO)c1ccccc1)C1CC1. The van der Waals surface area contributed by atoms with Gasteiger partial charge in [-0.15, -0.1) is 0 Å². The summed E-state index contributed by atoms with van der Waals surface area (Å²) in [5.41, 5.74) is 1.10. The normalized spacial score (nSPS) is 19.3. The lowest BCUT2D eigenvalue weighted by atomic mass is 9.82. The predicted molar refractivity (Wildman–Crippen MR) is 71.1 cm³/mol. The Kier molecular flexibility index (Phi) is 3.85. The van der Waals surface area contributed by atoms with E-state index in [0.717, 1.165) is 19.1 Å². The zero-order valence-electron chi connectivity index (χ0n) is 10.9. The first-order chi connectivity index (χ1) is 8.19. The van der Waals surface area contributed by atoms with E-state index in [1.165, 1.54) is 18.4 Å². The van der Waals surface area contributed by atoms with E-state index >= 15 is 0 Å². The minimum Gasteiger partial charge on any atom is -0.395 e. The molecule has 0 aliphatic heterocycles. The average molecular weight is 233 g/mol. The van der Waals surface area contributed by atoms with Crippen LogP contribution in [0.3, 0.4) is 0 Å². The summed E-state index contributed by atoms with van der Waals surface area (Å²) >= 11 is 0. The van der Waals surface area contributed by atoms with Gasteiger partial charge in [0.25, 0.3) is 0 Å². The van der Waals surface area contributed by atoms with Crippen molar-refractivity contribution in [3.05, 3.63) is 35.9 Å². The minimum atomic E-state index is -0.139. The molecule has 2 nitrogen and oxygen atoms in total. The van der Waals surface area contributed by atoms with Crippen LogP contribution in [0.25, 0.3) is 0 Å². The third-order valence-electron chi connectivity index (χ3n) is 3.84. The summed E-state index contributed by atoms with van der Waals surface area (Å²) in [5.74, 6) is 0. The highest BCUT2D eigenvalue weighted by atomic mass is 16.3. The molecule has 2 heteroatoms. The Balaban J connectivity index is 2.13. The van der Waals surface area contributed by atoms with Gasteiger partial charge in [-0.2, -0.15) is 0 Å². The molecule has 1 atom stereocenters. The Morgan fingerprint density at radius 1 is 1.29 bits per heavy atom. The van der Waals surface area contributed by atoms with Crippen molar-refractivity contribution < 1.29 is 5.11 Å². The number of rotatable bonds is 6. The second-order valence-corrected chi connectivity index (χ2v) is 5.38. The van der Waals surface area contributed by atoms with Gasteiger partial charge < -0.3 is 5.11 Å². The fourth-order valence-corrected chi connectivity index (χ4v) is 2.46. The Morgan fingerprint density at radius 2 is 1.94 bits per heavy atom. The van der Waals surface area contributed by atoms with E-state index in [1.807, 2.05) is 6.07 Å². The molecule has 17 heavy (non-hydrogen) atoms. The summed E-state index contributed by atoms with van der Waals surface area (Å²) in [5, 5.41) is 9.76. The number of nitrogens with zero attached hydrogens (tertiary/aromatic N) is 1. The van der Waals surface area contributed by atoms with Crippen LogP contribution in [0.4, 0.5) is 0 Å². The zero-order chi connectivity index (χ0) is 12.3. The molecule has 1 fully saturated rings. The number of hydrogen-bond donors (Lipinski definition) is 1. The lowest BCUT2D eigenvalue weighted by Crippen LogP contribution is -2.42. The Hall–Kier alpha value is -0.860. The maximum atomic E-state index is 9.76. The van der Waals surface area contributed by atoms with Crippen molar-refractivity contribution in [2.24, 2.45) is 0 Å². The highest BCUT2D eigenvalue weighted by Gasteiger charge is 2.34. The molecular formula is C15H23NO. The molecule has 94 valence electrons. The van der Waals surface area contributed by atoms with Crippen LogP contribution in [0.1, 0.15) is 32.3 Å². The monoisotopic (exact) mass is 233 g/mol. The molecule has 0 bridgehead atoms.